The van der Waals surface area contributed by atoms with Gasteiger partial charge in [-0.15, -0.1) is 0 Å². The van der Waals surface area contributed by atoms with Crippen molar-refractivity contribution < 1.29 is 18.0 Å². The van der Waals surface area contributed by atoms with Crippen LogP contribution in [-0.2, 0) is 14.8 Å². The predicted molar refractivity (Wildman–Crippen MR) is 94.4 cm³/mol. The fourth-order valence-electron chi connectivity index (χ4n) is 2.46. The highest BCUT2D eigenvalue weighted by atomic mass is 35.5. The Labute approximate surface area is 154 Å². The lowest BCUT2D eigenvalue weighted by Crippen LogP contribution is -2.33. The third kappa shape index (κ3) is 3.35. The zero-order chi connectivity index (χ0) is 18.2. The van der Waals surface area contributed by atoms with Gasteiger partial charge in [-0.2, -0.15) is 0 Å². The van der Waals surface area contributed by atoms with Gasteiger partial charge in [0, 0.05) is 18.0 Å². The van der Waals surface area contributed by atoms with E-state index in [0.717, 1.165) is 0 Å². The van der Waals surface area contributed by atoms with E-state index < -0.39 is 21.8 Å². The number of nitrogens with zero attached hydrogens (tertiary/aromatic N) is 1. The van der Waals surface area contributed by atoms with Crippen molar-refractivity contribution in [3.8, 4) is 0 Å². The van der Waals surface area contributed by atoms with Crippen LogP contribution in [0.2, 0.25) is 10.0 Å². The van der Waals surface area contributed by atoms with E-state index in [1.807, 2.05) is 0 Å². The standard InChI is InChI=1S/C16H12Cl2N2O4S/c17-10-5-6-13(12(18)9-10)19-15(21)7-8-20-16(22)11-3-1-2-4-14(11)25(20,23)24/h1-6,9H,7-8H2,(H,19,21). The first-order chi connectivity index (χ1) is 11.8. The van der Waals surface area contributed by atoms with Crippen LogP contribution in [0.25, 0.3) is 0 Å². The maximum absolute atomic E-state index is 12.4. The second-order valence-electron chi connectivity index (χ2n) is 5.30. The number of sulfonamides is 1. The zero-order valence-electron chi connectivity index (χ0n) is 12.7. The second kappa shape index (κ2) is 6.67. The summed E-state index contributed by atoms with van der Waals surface area (Å²) in [5, 5.41) is 3.25. The van der Waals surface area contributed by atoms with Gasteiger partial charge in [-0.3, -0.25) is 9.59 Å². The first-order valence-corrected chi connectivity index (χ1v) is 9.41. The van der Waals surface area contributed by atoms with Crippen molar-refractivity contribution in [2.75, 3.05) is 11.9 Å². The molecule has 1 aliphatic heterocycles. The molecule has 25 heavy (non-hydrogen) atoms. The molecule has 0 spiro atoms. The third-order valence-electron chi connectivity index (χ3n) is 3.66. The van der Waals surface area contributed by atoms with E-state index >= 15 is 0 Å². The minimum Gasteiger partial charge on any atom is -0.325 e. The summed E-state index contributed by atoms with van der Waals surface area (Å²) in [4.78, 5) is 24.3. The van der Waals surface area contributed by atoms with Crippen molar-refractivity contribution >= 4 is 50.7 Å². The van der Waals surface area contributed by atoms with Crippen molar-refractivity contribution in [1.82, 2.24) is 4.31 Å². The second-order valence-corrected chi connectivity index (χ2v) is 7.98. The monoisotopic (exact) mass is 398 g/mol. The smallest absolute Gasteiger partial charge is 0.269 e. The molecule has 1 N–H and O–H groups in total. The first-order valence-electron chi connectivity index (χ1n) is 7.22. The number of benzene rings is 2. The van der Waals surface area contributed by atoms with Crippen LogP contribution in [0.1, 0.15) is 16.8 Å². The summed E-state index contributed by atoms with van der Waals surface area (Å²) < 4.78 is 25.5. The Morgan fingerprint density at radius 2 is 1.84 bits per heavy atom. The molecule has 0 bridgehead atoms. The Bertz CT molecular complexity index is 976. The number of fused-ring (bicyclic) bond motifs is 1. The SMILES string of the molecule is O=C(CCN1C(=O)c2ccccc2S1(=O)=O)Nc1ccc(Cl)cc1Cl. The molecule has 2 aromatic carbocycles. The van der Waals surface area contributed by atoms with Crippen LogP contribution in [0.15, 0.2) is 47.4 Å². The minimum atomic E-state index is -3.92. The van der Waals surface area contributed by atoms with Gasteiger partial charge in [0.2, 0.25) is 5.91 Å². The van der Waals surface area contributed by atoms with Crippen LogP contribution < -0.4 is 5.32 Å². The molecule has 3 rings (SSSR count). The molecule has 9 heteroatoms. The van der Waals surface area contributed by atoms with Crippen molar-refractivity contribution in [2.45, 2.75) is 11.3 Å². The molecular weight excluding hydrogens is 387 g/mol. The van der Waals surface area contributed by atoms with E-state index in [0.29, 0.717) is 15.0 Å². The number of anilines is 1. The maximum Gasteiger partial charge on any atom is 0.269 e. The van der Waals surface area contributed by atoms with Gasteiger partial charge in [0.15, 0.2) is 0 Å². The van der Waals surface area contributed by atoms with E-state index in [-0.39, 0.29) is 28.4 Å². The lowest BCUT2D eigenvalue weighted by molar-refractivity contribution is -0.116. The number of carbonyl (C=O) groups excluding carboxylic acids is 2. The van der Waals surface area contributed by atoms with Crippen LogP contribution in [-0.4, -0.2) is 31.1 Å². The summed E-state index contributed by atoms with van der Waals surface area (Å²) in [7, 11) is -3.92. The predicted octanol–water partition coefficient (Wildman–Crippen LogP) is 3.17. The molecule has 0 fully saturated rings. The summed E-state index contributed by atoms with van der Waals surface area (Å²) in [6.07, 6.45) is -0.197. The highest BCUT2D eigenvalue weighted by Crippen LogP contribution is 2.30. The highest BCUT2D eigenvalue weighted by molar-refractivity contribution is 7.90. The quantitative estimate of drug-likeness (QED) is 0.856. The van der Waals surface area contributed by atoms with Crippen molar-refractivity contribution in [3.63, 3.8) is 0 Å². The van der Waals surface area contributed by atoms with Gasteiger partial charge in [0.1, 0.15) is 4.90 Å². The Hall–Kier alpha value is -2.09. The fourth-order valence-corrected chi connectivity index (χ4v) is 4.48. The molecule has 0 saturated carbocycles. The van der Waals surface area contributed by atoms with Crippen molar-refractivity contribution in [3.05, 3.63) is 58.1 Å². The number of halogens is 2. The van der Waals surface area contributed by atoms with Gasteiger partial charge >= 0.3 is 0 Å². The molecule has 2 amide bonds. The summed E-state index contributed by atoms with van der Waals surface area (Å²) in [6, 6.07) is 10.5. The first kappa shape index (κ1) is 17.7. The molecule has 0 aromatic heterocycles. The maximum atomic E-state index is 12.4. The average molecular weight is 399 g/mol. The van der Waals surface area contributed by atoms with E-state index in [2.05, 4.69) is 5.32 Å². The van der Waals surface area contributed by atoms with Crippen LogP contribution >= 0.6 is 23.2 Å². The Balaban J connectivity index is 1.70. The lowest BCUT2D eigenvalue weighted by atomic mass is 10.2. The Kier molecular flexibility index (Phi) is 4.73. The number of hydrogen-bond acceptors (Lipinski definition) is 4. The van der Waals surface area contributed by atoms with Crippen LogP contribution in [0.4, 0.5) is 5.69 Å². The van der Waals surface area contributed by atoms with E-state index in [4.69, 9.17) is 23.2 Å². The molecule has 0 unspecified atom stereocenters. The number of hydrogen-bond donors (Lipinski definition) is 1. The van der Waals surface area contributed by atoms with Crippen LogP contribution in [0.5, 0.6) is 0 Å². The third-order valence-corrected chi connectivity index (χ3v) is 6.05. The average Bonchev–Trinajstić information content (AvgIpc) is 2.75. The summed E-state index contributed by atoms with van der Waals surface area (Å²) in [5.74, 6) is -1.10. The molecule has 1 heterocycles. The normalized spacial score (nSPS) is 15.1. The summed E-state index contributed by atoms with van der Waals surface area (Å²) in [6.45, 7) is -0.257. The fraction of sp³-hybridized carbons (Fsp3) is 0.125. The number of rotatable bonds is 4. The lowest BCUT2D eigenvalue weighted by Gasteiger charge is -2.15. The molecule has 1 aliphatic rings. The van der Waals surface area contributed by atoms with Gasteiger partial charge in [-0.25, -0.2) is 12.7 Å². The topological polar surface area (TPSA) is 83.6 Å². The van der Waals surface area contributed by atoms with Gasteiger partial charge in [-0.05, 0) is 30.3 Å². The van der Waals surface area contributed by atoms with Gasteiger partial charge in [0.25, 0.3) is 15.9 Å². The molecule has 2 aromatic rings. The van der Waals surface area contributed by atoms with E-state index in [1.165, 1.54) is 24.3 Å². The largest absolute Gasteiger partial charge is 0.325 e. The van der Waals surface area contributed by atoms with Crippen LogP contribution in [0, 0.1) is 0 Å². The Morgan fingerprint density at radius 1 is 1.12 bits per heavy atom. The summed E-state index contributed by atoms with van der Waals surface area (Å²) >= 11 is 11.8. The van der Waals surface area contributed by atoms with Gasteiger partial charge in [-0.1, -0.05) is 35.3 Å². The van der Waals surface area contributed by atoms with Crippen molar-refractivity contribution in [1.29, 1.82) is 0 Å². The van der Waals surface area contributed by atoms with E-state index in [1.54, 1.807) is 18.2 Å². The molecule has 0 aliphatic carbocycles. The summed E-state index contributed by atoms with van der Waals surface area (Å²) in [5.41, 5.74) is 0.471. The zero-order valence-corrected chi connectivity index (χ0v) is 15.0. The molecular formula is C16H12Cl2N2O4S. The van der Waals surface area contributed by atoms with Gasteiger partial charge < -0.3 is 5.32 Å². The molecule has 0 saturated heterocycles. The number of carbonyl (C=O) groups is 2. The number of nitrogens with one attached hydrogen (secondary N) is 1. The molecule has 130 valence electrons. The minimum absolute atomic E-state index is 0.0406. The highest BCUT2D eigenvalue weighted by Gasteiger charge is 2.40. The van der Waals surface area contributed by atoms with E-state index in [9.17, 15) is 18.0 Å². The number of amides is 2. The molecule has 6 nitrogen and oxygen atoms in total. The Morgan fingerprint density at radius 3 is 2.52 bits per heavy atom. The van der Waals surface area contributed by atoms with Gasteiger partial charge in [0.05, 0.1) is 16.3 Å². The molecule has 0 atom stereocenters. The van der Waals surface area contributed by atoms with Crippen molar-refractivity contribution in [2.24, 2.45) is 0 Å². The molecule has 0 radical (unpaired) electrons. The van der Waals surface area contributed by atoms with Crippen LogP contribution in [0.3, 0.4) is 0 Å².